The first-order chi connectivity index (χ1) is 9.87. The lowest BCUT2D eigenvalue weighted by atomic mass is 10.3. The summed E-state index contributed by atoms with van der Waals surface area (Å²) >= 11 is 5.93. The molecule has 1 unspecified atom stereocenters. The number of amides is 1. The molecule has 0 aromatic carbocycles. The summed E-state index contributed by atoms with van der Waals surface area (Å²) in [4.78, 5) is 26.3. The van der Waals surface area contributed by atoms with E-state index in [2.05, 4.69) is 25.6 Å². The molecule has 1 heterocycles. The van der Waals surface area contributed by atoms with E-state index >= 15 is 0 Å². The Hall–Kier alpha value is -1.63. The van der Waals surface area contributed by atoms with Gasteiger partial charge in [0.1, 0.15) is 6.04 Å². The predicted molar refractivity (Wildman–Crippen MR) is 84.8 cm³/mol. The maximum absolute atomic E-state index is 11.9. The number of hydrogen-bond donors (Lipinski definition) is 2. The minimum atomic E-state index is -0.463. The van der Waals surface area contributed by atoms with Crippen molar-refractivity contribution in [1.82, 2.24) is 20.3 Å². The zero-order valence-electron chi connectivity index (χ0n) is 13.1. The normalized spacial score (nSPS) is 12.1. The Morgan fingerprint density at radius 2 is 1.81 bits per heavy atom. The molecule has 0 saturated heterocycles. The van der Waals surface area contributed by atoms with Crippen LogP contribution in [0.2, 0.25) is 5.28 Å². The molecule has 1 aromatic rings. The van der Waals surface area contributed by atoms with Gasteiger partial charge in [-0.25, -0.2) is 0 Å². The van der Waals surface area contributed by atoms with Crippen LogP contribution in [-0.2, 0) is 4.79 Å². The predicted octanol–water partition coefficient (Wildman–Crippen LogP) is 1.70. The fourth-order valence-electron chi connectivity index (χ4n) is 1.72. The maximum Gasteiger partial charge on any atom is 0.242 e. The molecule has 0 aliphatic heterocycles. The van der Waals surface area contributed by atoms with E-state index in [-0.39, 0.29) is 17.2 Å². The lowest BCUT2D eigenvalue weighted by Gasteiger charge is -2.20. The first-order valence-electron chi connectivity index (χ1n) is 7.10. The van der Waals surface area contributed by atoms with E-state index in [0.717, 1.165) is 13.1 Å². The fourth-order valence-corrected chi connectivity index (χ4v) is 1.88. The Morgan fingerprint density at radius 1 is 1.19 bits per heavy atom. The van der Waals surface area contributed by atoms with Crippen LogP contribution in [0.15, 0.2) is 0 Å². The lowest BCUT2D eigenvalue weighted by Crippen LogP contribution is -2.41. The summed E-state index contributed by atoms with van der Waals surface area (Å²) in [5.74, 6) is 0.674. The second-order valence-electron chi connectivity index (χ2n) is 4.93. The summed E-state index contributed by atoms with van der Waals surface area (Å²) in [5.41, 5.74) is 0. The van der Waals surface area contributed by atoms with Gasteiger partial charge in [-0.15, -0.1) is 0 Å². The number of anilines is 2. The number of hydrogen-bond acceptors (Lipinski definition) is 6. The summed E-state index contributed by atoms with van der Waals surface area (Å²) < 4.78 is 0. The van der Waals surface area contributed by atoms with E-state index in [1.807, 2.05) is 32.6 Å². The van der Waals surface area contributed by atoms with Gasteiger partial charge in [-0.1, -0.05) is 0 Å². The Balaban J connectivity index is 2.86. The van der Waals surface area contributed by atoms with Gasteiger partial charge in [0.05, 0.1) is 0 Å². The van der Waals surface area contributed by atoms with Crippen LogP contribution < -0.4 is 15.5 Å². The highest BCUT2D eigenvalue weighted by molar-refractivity contribution is 6.28. The minimum absolute atomic E-state index is 0.0786. The van der Waals surface area contributed by atoms with Gasteiger partial charge in [-0.3, -0.25) is 4.79 Å². The molecular weight excluding hydrogens is 292 g/mol. The van der Waals surface area contributed by atoms with Gasteiger partial charge < -0.3 is 15.5 Å². The van der Waals surface area contributed by atoms with Crippen molar-refractivity contribution in [2.24, 2.45) is 0 Å². The summed E-state index contributed by atoms with van der Waals surface area (Å²) in [5, 5.41) is 5.87. The third kappa shape index (κ3) is 5.34. The van der Waals surface area contributed by atoms with Crippen molar-refractivity contribution in [2.75, 3.05) is 23.3 Å². The Bertz CT molecular complexity index is 478. The SMILES string of the molecule is CCN(CC)c1nc(Cl)nc(NC(C)C(=O)NC(C)C)n1. The van der Waals surface area contributed by atoms with Crippen LogP contribution in [0.25, 0.3) is 0 Å². The van der Waals surface area contributed by atoms with Crippen molar-refractivity contribution in [2.45, 2.75) is 46.7 Å². The molecule has 0 bridgehead atoms. The monoisotopic (exact) mass is 314 g/mol. The van der Waals surface area contributed by atoms with Crippen LogP contribution in [0.4, 0.5) is 11.9 Å². The van der Waals surface area contributed by atoms with Gasteiger partial charge >= 0.3 is 0 Å². The molecule has 0 radical (unpaired) electrons. The first kappa shape index (κ1) is 17.4. The third-order valence-electron chi connectivity index (χ3n) is 2.81. The zero-order valence-corrected chi connectivity index (χ0v) is 13.9. The van der Waals surface area contributed by atoms with Crippen molar-refractivity contribution in [3.8, 4) is 0 Å². The van der Waals surface area contributed by atoms with Gasteiger partial charge in [0, 0.05) is 19.1 Å². The van der Waals surface area contributed by atoms with Crippen LogP contribution in [0.3, 0.4) is 0 Å². The average molecular weight is 315 g/mol. The average Bonchev–Trinajstić information content (AvgIpc) is 2.38. The van der Waals surface area contributed by atoms with Gasteiger partial charge in [0.15, 0.2) is 0 Å². The number of nitrogens with zero attached hydrogens (tertiary/aromatic N) is 4. The molecule has 1 atom stereocenters. The zero-order chi connectivity index (χ0) is 16.0. The number of nitrogens with one attached hydrogen (secondary N) is 2. The molecule has 118 valence electrons. The topological polar surface area (TPSA) is 83.0 Å². The molecule has 0 aliphatic rings. The molecule has 2 N–H and O–H groups in total. The van der Waals surface area contributed by atoms with Crippen molar-refractivity contribution in [3.63, 3.8) is 0 Å². The van der Waals surface area contributed by atoms with E-state index in [1.54, 1.807) is 6.92 Å². The van der Waals surface area contributed by atoms with Crippen molar-refractivity contribution >= 4 is 29.4 Å². The van der Waals surface area contributed by atoms with Crippen LogP contribution in [-0.4, -0.2) is 46.0 Å². The molecule has 0 aliphatic carbocycles. The molecule has 21 heavy (non-hydrogen) atoms. The molecule has 7 nitrogen and oxygen atoms in total. The van der Waals surface area contributed by atoms with Gasteiger partial charge in [0.25, 0.3) is 0 Å². The highest BCUT2D eigenvalue weighted by atomic mass is 35.5. The highest BCUT2D eigenvalue weighted by Crippen LogP contribution is 2.14. The number of rotatable bonds is 7. The van der Waals surface area contributed by atoms with Crippen molar-refractivity contribution < 1.29 is 4.79 Å². The molecule has 1 amide bonds. The Labute approximate surface area is 130 Å². The Morgan fingerprint density at radius 3 is 2.33 bits per heavy atom. The molecular formula is C13H23ClN6O. The van der Waals surface area contributed by atoms with Gasteiger partial charge in [-0.2, -0.15) is 15.0 Å². The van der Waals surface area contributed by atoms with E-state index in [0.29, 0.717) is 11.9 Å². The van der Waals surface area contributed by atoms with Crippen molar-refractivity contribution in [3.05, 3.63) is 5.28 Å². The quantitative estimate of drug-likeness (QED) is 0.797. The summed E-state index contributed by atoms with van der Waals surface area (Å²) in [7, 11) is 0. The van der Waals surface area contributed by atoms with Crippen molar-refractivity contribution in [1.29, 1.82) is 0 Å². The second kappa shape index (κ2) is 7.97. The molecule has 0 fully saturated rings. The van der Waals surface area contributed by atoms with E-state index in [9.17, 15) is 4.79 Å². The van der Waals surface area contributed by atoms with E-state index in [1.165, 1.54) is 0 Å². The van der Waals surface area contributed by atoms with Crippen LogP contribution >= 0.6 is 11.6 Å². The van der Waals surface area contributed by atoms with Gasteiger partial charge in [-0.05, 0) is 46.2 Å². The fraction of sp³-hybridized carbons (Fsp3) is 0.692. The number of carbonyl (C=O) groups is 1. The number of carbonyl (C=O) groups excluding carboxylic acids is 1. The smallest absolute Gasteiger partial charge is 0.242 e. The molecule has 0 saturated carbocycles. The van der Waals surface area contributed by atoms with Crippen LogP contribution in [0.5, 0.6) is 0 Å². The highest BCUT2D eigenvalue weighted by Gasteiger charge is 2.16. The van der Waals surface area contributed by atoms with Gasteiger partial charge in [0.2, 0.25) is 23.1 Å². The maximum atomic E-state index is 11.9. The minimum Gasteiger partial charge on any atom is -0.352 e. The van der Waals surface area contributed by atoms with E-state index in [4.69, 9.17) is 11.6 Å². The molecule has 8 heteroatoms. The third-order valence-corrected chi connectivity index (χ3v) is 2.98. The summed E-state index contributed by atoms with van der Waals surface area (Å²) in [6.07, 6.45) is 0. The largest absolute Gasteiger partial charge is 0.352 e. The molecule has 1 aromatic heterocycles. The van der Waals surface area contributed by atoms with Crippen LogP contribution in [0.1, 0.15) is 34.6 Å². The summed E-state index contributed by atoms with van der Waals surface area (Å²) in [6, 6.07) is -0.384. The number of aromatic nitrogens is 3. The second-order valence-corrected chi connectivity index (χ2v) is 5.27. The molecule has 1 rings (SSSR count). The first-order valence-corrected chi connectivity index (χ1v) is 7.48. The Kier molecular flexibility index (Phi) is 6.61. The van der Waals surface area contributed by atoms with Crippen LogP contribution in [0, 0.1) is 0 Å². The van der Waals surface area contributed by atoms with E-state index < -0.39 is 6.04 Å². The number of halogens is 1. The summed E-state index contributed by atoms with van der Waals surface area (Å²) in [6.45, 7) is 11.1. The lowest BCUT2D eigenvalue weighted by molar-refractivity contribution is -0.122. The standard InChI is InChI=1S/C13H23ClN6O/c1-6-20(7-2)13-18-11(14)17-12(19-13)16-9(5)10(21)15-8(3)4/h8-9H,6-7H2,1-5H3,(H,15,21)(H,16,17,18,19). The molecule has 0 spiro atoms.